The van der Waals surface area contributed by atoms with Crippen LogP contribution in [0.15, 0.2) is 54.6 Å². The maximum Gasteiger partial charge on any atom is 0.418 e. The van der Waals surface area contributed by atoms with Crippen molar-refractivity contribution in [3.05, 3.63) is 82.5 Å². The van der Waals surface area contributed by atoms with Crippen molar-refractivity contribution in [1.29, 1.82) is 0 Å². The molecule has 2 unspecified atom stereocenters. The number of nitrogens with zero attached hydrogens (tertiary/aromatic N) is 2. The highest BCUT2D eigenvalue weighted by Crippen LogP contribution is 2.43. The average Bonchev–Trinajstić information content (AvgIpc) is 2.96. The van der Waals surface area contributed by atoms with Crippen molar-refractivity contribution in [2.45, 2.75) is 58.3 Å². The summed E-state index contributed by atoms with van der Waals surface area (Å²) < 4.78 is 58.7. The van der Waals surface area contributed by atoms with Crippen LogP contribution < -0.4 is 14.4 Å². The summed E-state index contributed by atoms with van der Waals surface area (Å²) in [6, 6.07) is 16.3. The molecule has 1 heterocycles. The highest BCUT2D eigenvalue weighted by Gasteiger charge is 2.42. The van der Waals surface area contributed by atoms with E-state index in [2.05, 4.69) is 4.98 Å². The molecule has 2 aromatic carbocycles. The molecule has 1 fully saturated rings. The number of aromatic nitrogens is 1. The topological polar surface area (TPSA) is 78.0 Å². The molecule has 42 heavy (non-hydrogen) atoms. The largest absolute Gasteiger partial charge is 0.497 e. The molecule has 0 aliphatic heterocycles. The summed E-state index contributed by atoms with van der Waals surface area (Å²) in [5.74, 6) is -1.04. The molecule has 224 valence electrons. The quantitative estimate of drug-likeness (QED) is 0.195. The number of halogens is 3. The number of carbonyl (C=O) groups excluding carboxylic acids is 2. The molecule has 0 saturated heterocycles. The molecule has 1 aromatic heterocycles. The number of hydrogen-bond acceptors (Lipinski definition) is 7. The van der Waals surface area contributed by atoms with E-state index in [0.717, 1.165) is 11.1 Å². The Kier molecular flexibility index (Phi) is 9.75. The number of benzene rings is 2. The Balaban J connectivity index is 1.74. The van der Waals surface area contributed by atoms with Crippen LogP contribution in [0, 0.1) is 12.8 Å². The van der Waals surface area contributed by atoms with Crippen molar-refractivity contribution in [2.24, 2.45) is 5.92 Å². The van der Waals surface area contributed by atoms with Crippen LogP contribution in [0.3, 0.4) is 0 Å². The molecule has 0 radical (unpaired) electrons. The molecule has 1 saturated carbocycles. The van der Waals surface area contributed by atoms with Gasteiger partial charge < -0.3 is 19.1 Å². The third-order valence-corrected chi connectivity index (χ3v) is 7.50. The Hall–Kier alpha value is -4.08. The van der Waals surface area contributed by atoms with Crippen LogP contribution in [-0.2, 0) is 33.6 Å². The number of methoxy groups -OCH3 is 2. The van der Waals surface area contributed by atoms with Crippen LogP contribution in [0.1, 0.15) is 60.1 Å². The van der Waals surface area contributed by atoms with E-state index >= 15 is 0 Å². The maximum atomic E-state index is 14.4. The summed E-state index contributed by atoms with van der Waals surface area (Å²) in [7, 11) is 3.15. The number of anilines is 1. The fourth-order valence-electron chi connectivity index (χ4n) is 5.37. The van der Waals surface area contributed by atoms with E-state index in [1.165, 1.54) is 13.0 Å². The van der Waals surface area contributed by atoms with Gasteiger partial charge in [-0.25, -0.2) is 4.98 Å². The summed E-state index contributed by atoms with van der Waals surface area (Å²) in [5, 5.41) is 0. The van der Waals surface area contributed by atoms with Crippen molar-refractivity contribution < 1.29 is 37.0 Å². The summed E-state index contributed by atoms with van der Waals surface area (Å²) in [6.07, 6.45) is -4.54. The Morgan fingerprint density at radius 3 is 1.95 bits per heavy atom. The van der Waals surface area contributed by atoms with Gasteiger partial charge in [-0.05, 0) is 73.7 Å². The molecule has 4 rings (SSSR count). The van der Waals surface area contributed by atoms with Crippen molar-refractivity contribution in [3.8, 4) is 11.5 Å². The van der Waals surface area contributed by atoms with Crippen LogP contribution in [0.25, 0.3) is 0 Å². The molecule has 10 heteroatoms. The van der Waals surface area contributed by atoms with Gasteiger partial charge in [-0.3, -0.25) is 9.59 Å². The standard InChI is InChI=1S/C32H35F3N2O5/c1-5-42-31(39)26-15-10-23(17-27(26)38)30-29(32(33,34)35)20(2)16-28(36-30)37(18-21-6-11-24(40-3)12-7-21)19-22-8-13-25(41-4)14-9-22/h6-9,11-14,16,23,26H,5,10,15,17-19H2,1-4H3. The molecule has 0 spiro atoms. The molecular weight excluding hydrogens is 549 g/mol. The van der Waals surface area contributed by atoms with Gasteiger partial charge in [-0.2, -0.15) is 13.2 Å². The summed E-state index contributed by atoms with van der Waals surface area (Å²) in [6.45, 7) is 3.92. The van der Waals surface area contributed by atoms with Crippen LogP contribution >= 0.6 is 0 Å². The first-order chi connectivity index (χ1) is 20.0. The maximum absolute atomic E-state index is 14.4. The molecule has 1 aliphatic rings. The highest BCUT2D eigenvalue weighted by molar-refractivity contribution is 5.99. The molecular formula is C32H35F3N2O5. The number of aryl methyl sites for hydroxylation is 1. The molecule has 7 nitrogen and oxygen atoms in total. The summed E-state index contributed by atoms with van der Waals surface area (Å²) in [5.41, 5.74) is 0.859. The lowest BCUT2D eigenvalue weighted by Gasteiger charge is -2.31. The van der Waals surface area contributed by atoms with Crippen molar-refractivity contribution in [2.75, 3.05) is 25.7 Å². The number of alkyl halides is 3. The zero-order valence-corrected chi connectivity index (χ0v) is 24.2. The Morgan fingerprint density at radius 1 is 0.952 bits per heavy atom. The molecule has 0 amide bonds. The molecule has 3 aromatic rings. The van der Waals surface area contributed by atoms with E-state index < -0.39 is 35.3 Å². The number of ether oxygens (including phenoxy) is 3. The fraction of sp³-hybridized carbons (Fsp3) is 0.406. The number of ketones is 1. The first kappa shape index (κ1) is 30.9. The number of carbonyl (C=O) groups is 2. The number of pyridine rings is 1. The van der Waals surface area contributed by atoms with Gasteiger partial charge in [0.15, 0.2) is 0 Å². The minimum Gasteiger partial charge on any atom is -0.497 e. The Morgan fingerprint density at radius 2 is 1.50 bits per heavy atom. The third-order valence-electron chi connectivity index (χ3n) is 7.50. The van der Waals surface area contributed by atoms with Crippen LogP contribution in [0.5, 0.6) is 11.5 Å². The van der Waals surface area contributed by atoms with E-state index in [1.807, 2.05) is 53.4 Å². The predicted octanol–water partition coefficient (Wildman–Crippen LogP) is 6.65. The molecule has 1 aliphatic carbocycles. The van der Waals surface area contributed by atoms with Gasteiger partial charge in [0.1, 0.15) is 29.0 Å². The second-order valence-electron chi connectivity index (χ2n) is 10.4. The highest BCUT2D eigenvalue weighted by atomic mass is 19.4. The summed E-state index contributed by atoms with van der Waals surface area (Å²) >= 11 is 0. The normalized spacial score (nSPS) is 17.1. The smallest absolute Gasteiger partial charge is 0.418 e. The van der Waals surface area contributed by atoms with Crippen LogP contribution in [0.4, 0.5) is 19.0 Å². The van der Waals surface area contributed by atoms with Gasteiger partial charge >= 0.3 is 12.1 Å². The Bertz CT molecular complexity index is 1340. The van der Waals surface area contributed by atoms with Crippen LogP contribution in [0.2, 0.25) is 0 Å². The van der Waals surface area contributed by atoms with Gasteiger partial charge in [0.25, 0.3) is 0 Å². The van der Waals surface area contributed by atoms with E-state index in [-0.39, 0.29) is 37.1 Å². The van der Waals surface area contributed by atoms with Crippen molar-refractivity contribution in [1.82, 2.24) is 4.98 Å². The molecule has 2 atom stereocenters. The van der Waals surface area contributed by atoms with Crippen molar-refractivity contribution in [3.63, 3.8) is 0 Å². The molecule has 0 bridgehead atoms. The lowest BCUT2D eigenvalue weighted by atomic mass is 9.78. The van der Waals surface area contributed by atoms with Gasteiger partial charge in [0.2, 0.25) is 0 Å². The van der Waals surface area contributed by atoms with Crippen LogP contribution in [-0.4, -0.2) is 37.6 Å². The van der Waals surface area contributed by atoms with Gasteiger partial charge in [0.05, 0.1) is 32.1 Å². The lowest BCUT2D eigenvalue weighted by molar-refractivity contribution is -0.153. The SMILES string of the molecule is CCOC(=O)C1CCC(c2nc(N(Cc3ccc(OC)cc3)Cc3ccc(OC)cc3)cc(C)c2C(F)(F)F)CC1=O. The number of rotatable bonds is 10. The minimum atomic E-state index is -4.66. The van der Waals surface area contributed by atoms with E-state index in [0.29, 0.717) is 30.4 Å². The lowest BCUT2D eigenvalue weighted by Crippen LogP contribution is -2.33. The fourth-order valence-corrected chi connectivity index (χ4v) is 5.37. The first-order valence-corrected chi connectivity index (χ1v) is 13.8. The van der Waals surface area contributed by atoms with E-state index in [1.54, 1.807) is 21.1 Å². The predicted molar refractivity (Wildman–Crippen MR) is 152 cm³/mol. The zero-order chi connectivity index (χ0) is 30.4. The second-order valence-corrected chi connectivity index (χ2v) is 10.4. The first-order valence-electron chi connectivity index (χ1n) is 13.8. The minimum absolute atomic E-state index is 0.0249. The average molecular weight is 585 g/mol. The monoisotopic (exact) mass is 584 g/mol. The third kappa shape index (κ3) is 7.21. The zero-order valence-electron chi connectivity index (χ0n) is 24.2. The van der Waals surface area contributed by atoms with Crippen molar-refractivity contribution >= 4 is 17.6 Å². The van der Waals surface area contributed by atoms with Gasteiger partial charge in [-0.1, -0.05) is 24.3 Å². The van der Waals surface area contributed by atoms with Gasteiger partial charge in [0, 0.05) is 25.4 Å². The number of hydrogen-bond donors (Lipinski definition) is 0. The molecule has 0 N–H and O–H groups in total. The van der Waals surface area contributed by atoms with E-state index in [9.17, 15) is 22.8 Å². The Labute approximate surface area is 243 Å². The summed E-state index contributed by atoms with van der Waals surface area (Å²) in [4.78, 5) is 31.7. The number of esters is 1. The number of Topliss-reactive ketones (excluding diaryl/α,β-unsaturated/α-hetero) is 1. The van der Waals surface area contributed by atoms with E-state index in [4.69, 9.17) is 14.2 Å². The van der Waals surface area contributed by atoms with Gasteiger partial charge in [-0.15, -0.1) is 0 Å². The second kappa shape index (κ2) is 13.3.